The van der Waals surface area contributed by atoms with Gasteiger partial charge in [-0.05, 0) is 106 Å². The van der Waals surface area contributed by atoms with E-state index in [9.17, 15) is 0 Å². The molecule has 2 aliphatic rings. The summed E-state index contributed by atoms with van der Waals surface area (Å²) in [5.74, 6) is 1.79. The Balaban J connectivity index is 0.000000138. The van der Waals surface area contributed by atoms with Crippen LogP contribution in [0.5, 0.6) is 0 Å². The Hall–Kier alpha value is -6.56. The van der Waals surface area contributed by atoms with Gasteiger partial charge in [0.05, 0.1) is 25.2 Å². The van der Waals surface area contributed by atoms with Crippen LogP contribution in [0.2, 0.25) is 19.6 Å². The van der Waals surface area contributed by atoms with Crippen molar-refractivity contribution in [1.82, 2.24) is 15.0 Å². The Labute approximate surface area is 441 Å². The summed E-state index contributed by atoms with van der Waals surface area (Å²) in [5.41, 5.74) is 16.0. The first kappa shape index (κ1) is 50.4. The maximum Gasteiger partial charge on any atom is 0.145 e. The first-order valence-electron chi connectivity index (χ1n) is 25.9. The van der Waals surface area contributed by atoms with Gasteiger partial charge in [-0.2, -0.15) is 0 Å². The zero-order chi connectivity index (χ0) is 48.4. The van der Waals surface area contributed by atoms with Gasteiger partial charge in [0.15, 0.2) is 0 Å². The van der Waals surface area contributed by atoms with Crippen molar-refractivity contribution in [2.75, 3.05) is 0 Å². The maximum absolute atomic E-state index is 6.41. The van der Waals surface area contributed by atoms with Crippen molar-refractivity contribution in [3.8, 4) is 56.0 Å². The molecular weight excluding hydrogens is 1070 g/mol. The van der Waals surface area contributed by atoms with Crippen LogP contribution in [-0.2, 0) is 32.9 Å². The first-order chi connectivity index (χ1) is 34.8. The Bertz CT molecular complexity index is 3300. The van der Waals surface area contributed by atoms with E-state index in [1.54, 1.807) is 10.8 Å². The van der Waals surface area contributed by atoms with Crippen LogP contribution in [0.1, 0.15) is 62.5 Å². The first-order valence-corrected chi connectivity index (χ1v) is 29.4. The average molecular weight is 1140 g/mol. The minimum atomic E-state index is -1.34. The van der Waals surface area contributed by atoms with Gasteiger partial charge in [-0.3, -0.25) is 15.0 Å². The van der Waals surface area contributed by atoms with Crippen LogP contribution in [0.4, 0.5) is 0 Å². The number of nitrogens with zero attached hydrogens (tertiary/aromatic N) is 3. The Morgan fingerprint density at radius 2 is 0.972 bits per heavy atom. The molecule has 0 bridgehead atoms. The molecule has 4 heterocycles. The molecule has 2 aliphatic carbocycles. The number of pyridine rings is 3. The fourth-order valence-electron chi connectivity index (χ4n) is 10.8. The summed E-state index contributed by atoms with van der Waals surface area (Å²) in [6.07, 6.45) is 19.8. The summed E-state index contributed by atoms with van der Waals surface area (Å²) in [4.78, 5) is 14.0. The van der Waals surface area contributed by atoms with E-state index in [1.807, 2.05) is 48.8 Å². The van der Waals surface area contributed by atoms with Crippen molar-refractivity contribution >= 4 is 35.2 Å². The number of fused-ring (bicyclic) bond motifs is 3. The molecule has 0 unspecified atom stereocenters. The maximum atomic E-state index is 6.41. The van der Waals surface area contributed by atoms with Crippen molar-refractivity contribution in [2.24, 2.45) is 11.8 Å². The molecule has 2 fully saturated rings. The van der Waals surface area contributed by atoms with Gasteiger partial charge in [0.25, 0.3) is 0 Å². The topological polar surface area (TPSA) is 51.8 Å². The molecule has 0 N–H and O–H groups in total. The van der Waals surface area contributed by atoms with Crippen molar-refractivity contribution in [1.29, 1.82) is 0 Å². The third-order valence-corrected chi connectivity index (χ3v) is 16.6. The summed E-state index contributed by atoms with van der Waals surface area (Å²) >= 11 is 0. The SMILES string of the molecule is C[Si](C)(C)c1cnc(-c2ccccc2)cc1CC1CCCC1.[Ir].c1ccc(-c2cc(CC3CCCC3)ccn2)cc1.c1ccc(-c2ccnc(-c3ccc(-c4ccccc4)c4c3oc3ccccc34)c2)cc1. The quantitative estimate of drug-likeness (QED) is 0.128. The van der Waals surface area contributed by atoms with Crippen molar-refractivity contribution in [2.45, 2.75) is 83.8 Å². The van der Waals surface area contributed by atoms with E-state index in [4.69, 9.17) is 14.4 Å². The smallest absolute Gasteiger partial charge is 0.145 e. The zero-order valence-corrected chi connectivity index (χ0v) is 45.3. The Morgan fingerprint density at radius 1 is 0.458 bits per heavy atom. The number of rotatable bonds is 10. The van der Waals surface area contributed by atoms with Crippen LogP contribution in [0.3, 0.4) is 0 Å². The van der Waals surface area contributed by atoms with Crippen LogP contribution < -0.4 is 5.19 Å². The third kappa shape index (κ3) is 12.2. The standard InChI is InChI=1S/C29H19NO.C20H27NSi.C17H19N.Ir/c1-3-9-20(10-4-1)22-17-18-30-26(19-22)24-16-15-23(21-11-5-2-6-12-21)28-25-13-7-8-14-27(25)31-29(24)28;1-22(2,3)20-15-21-19(17-11-5-4-6-12-17)14-18(20)13-16-9-7-8-10-16;1-2-8-16(9-3-1)17-13-15(10-11-18-17)12-14-6-4-5-7-14;/h1-19H;4-6,11-12,14-16H,7-10,13H2,1-3H3;1-3,8-11,13-14H,4-7,12H2;. The van der Waals surface area contributed by atoms with E-state index in [1.165, 1.54) is 97.6 Å². The summed E-state index contributed by atoms with van der Waals surface area (Å²) in [5, 5.41) is 3.81. The molecule has 0 aliphatic heterocycles. The molecule has 72 heavy (non-hydrogen) atoms. The minimum Gasteiger partial charge on any atom is -0.455 e. The van der Waals surface area contributed by atoms with Gasteiger partial charge in [0, 0.05) is 66.2 Å². The number of para-hydroxylation sites is 1. The number of aromatic nitrogens is 3. The van der Waals surface area contributed by atoms with E-state index in [2.05, 4.69) is 182 Å². The van der Waals surface area contributed by atoms with Crippen molar-refractivity contribution in [3.63, 3.8) is 0 Å². The second kappa shape index (κ2) is 23.8. The second-order valence-corrected chi connectivity index (χ2v) is 25.6. The predicted molar refractivity (Wildman–Crippen MR) is 301 cm³/mol. The Kier molecular flexibility index (Phi) is 16.6. The Morgan fingerprint density at radius 3 is 1.60 bits per heavy atom. The molecule has 0 atom stereocenters. The van der Waals surface area contributed by atoms with E-state index < -0.39 is 8.07 Å². The molecule has 4 aromatic heterocycles. The molecule has 1 radical (unpaired) electrons. The van der Waals surface area contributed by atoms with E-state index in [-0.39, 0.29) is 20.1 Å². The average Bonchev–Trinajstić information content (AvgIpc) is 4.23. The zero-order valence-electron chi connectivity index (χ0n) is 41.9. The molecule has 4 nitrogen and oxygen atoms in total. The van der Waals surface area contributed by atoms with E-state index in [0.717, 1.165) is 62.0 Å². The minimum absolute atomic E-state index is 0. The molecule has 0 spiro atoms. The van der Waals surface area contributed by atoms with Crippen molar-refractivity contribution < 1.29 is 24.5 Å². The van der Waals surface area contributed by atoms with Crippen LogP contribution in [-0.4, -0.2) is 23.0 Å². The predicted octanol–water partition coefficient (Wildman–Crippen LogP) is 17.5. The van der Waals surface area contributed by atoms with Gasteiger partial charge < -0.3 is 4.42 Å². The summed E-state index contributed by atoms with van der Waals surface area (Å²) in [6, 6.07) is 65.4. The molecule has 10 aromatic rings. The van der Waals surface area contributed by atoms with Gasteiger partial charge in [-0.25, -0.2) is 0 Å². The van der Waals surface area contributed by atoms with Gasteiger partial charge in [0.2, 0.25) is 0 Å². The number of furan rings is 1. The monoisotopic (exact) mass is 1140 g/mol. The van der Waals surface area contributed by atoms with Crippen LogP contribution in [0.15, 0.2) is 211 Å². The third-order valence-electron chi connectivity index (χ3n) is 14.5. The van der Waals surface area contributed by atoms with Gasteiger partial charge in [-0.15, -0.1) is 0 Å². The molecule has 12 rings (SSSR count). The molecule has 363 valence electrons. The van der Waals surface area contributed by atoms with Gasteiger partial charge in [-0.1, -0.05) is 217 Å². The number of benzene rings is 6. The van der Waals surface area contributed by atoms with Crippen molar-refractivity contribution in [3.05, 3.63) is 218 Å². The van der Waals surface area contributed by atoms with E-state index >= 15 is 0 Å². The van der Waals surface area contributed by atoms with Gasteiger partial charge in [0.1, 0.15) is 11.2 Å². The molecule has 0 saturated heterocycles. The number of hydrogen-bond acceptors (Lipinski definition) is 4. The van der Waals surface area contributed by atoms with Crippen LogP contribution >= 0.6 is 0 Å². The normalized spacial score (nSPS) is 13.8. The van der Waals surface area contributed by atoms with Crippen LogP contribution in [0, 0.1) is 11.8 Å². The molecule has 6 aromatic carbocycles. The molecule has 2 saturated carbocycles. The molecule has 6 heteroatoms. The number of hydrogen-bond donors (Lipinski definition) is 0. The molecule has 0 amide bonds. The van der Waals surface area contributed by atoms with E-state index in [0.29, 0.717) is 0 Å². The van der Waals surface area contributed by atoms with Gasteiger partial charge >= 0.3 is 0 Å². The summed E-state index contributed by atoms with van der Waals surface area (Å²) in [6.45, 7) is 7.30. The van der Waals surface area contributed by atoms with Crippen LogP contribution in [0.25, 0.3) is 78.0 Å². The summed E-state index contributed by atoms with van der Waals surface area (Å²) in [7, 11) is -1.34. The largest absolute Gasteiger partial charge is 0.455 e. The fraction of sp³-hybridized carbons (Fsp3) is 0.227. The second-order valence-electron chi connectivity index (χ2n) is 20.6. The molecular formula is C66H65IrN3OSi. The summed E-state index contributed by atoms with van der Waals surface area (Å²) < 4.78 is 6.41. The fourth-order valence-corrected chi connectivity index (χ4v) is 12.4.